The largest absolute Gasteiger partial charge is 0.350 e. The van der Waals surface area contributed by atoms with E-state index < -0.39 is 0 Å². The maximum atomic E-state index is 13.1. The van der Waals surface area contributed by atoms with E-state index in [9.17, 15) is 4.79 Å². The minimum atomic E-state index is 0.122. The molecule has 148 valence electrons. The number of likely N-dealkylation sites (tertiary alicyclic amines) is 1. The van der Waals surface area contributed by atoms with Crippen molar-refractivity contribution in [1.29, 1.82) is 0 Å². The third kappa shape index (κ3) is 2.98. The van der Waals surface area contributed by atoms with Crippen molar-refractivity contribution in [2.75, 3.05) is 13.1 Å². The Morgan fingerprint density at radius 1 is 1.14 bits per heavy atom. The molecule has 0 radical (unpaired) electrons. The van der Waals surface area contributed by atoms with Crippen LogP contribution in [0, 0.1) is 17.8 Å². The van der Waals surface area contributed by atoms with Gasteiger partial charge in [0, 0.05) is 5.54 Å². The van der Waals surface area contributed by atoms with Gasteiger partial charge in [-0.1, -0.05) is 12.1 Å². The van der Waals surface area contributed by atoms with Gasteiger partial charge in [-0.05, 0) is 87.8 Å². The Labute approximate surface area is 170 Å². The van der Waals surface area contributed by atoms with Crippen LogP contribution in [0.15, 0.2) is 24.3 Å². The Kier molecular flexibility index (Phi) is 4.06. The van der Waals surface area contributed by atoms with Crippen molar-refractivity contribution in [3.05, 3.63) is 29.3 Å². The van der Waals surface area contributed by atoms with Gasteiger partial charge in [0.05, 0.1) is 22.8 Å². The molecule has 1 atom stereocenters. The number of rotatable bonds is 4. The molecule has 4 aliphatic carbocycles. The minimum Gasteiger partial charge on any atom is -0.350 e. The Bertz CT molecular complexity index is 838. The van der Waals surface area contributed by atoms with Crippen LogP contribution in [0.5, 0.6) is 0 Å². The van der Waals surface area contributed by atoms with E-state index in [1.807, 2.05) is 0 Å². The molecule has 2 heterocycles. The summed E-state index contributed by atoms with van der Waals surface area (Å²) in [4.78, 5) is 20.3. The molecule has 4 saturated carbocycles. The van der Waals surface area contributed by atoms with Gasteiger partial charge in [0.15, 0.2) is 0 Å². The van der Waals surface area contributed by atoms with Gasteiger partial charge in [-0.3, -0.25) is 9.69 Å². The standard InChI is InChI=1S/C23H29N3OS/c27-21(25-23-11-15-8-16(12-23)10-17(9-15)13-23)14-26-7-3-5-19(26)22-24-18-4-1-2-6-20(18)28-22/h1-2,4,6,15-17,19H,3,5,7-14H2,(H,25,27)/t15?,16?,17?,19-,23?/m0/s1. The van der Waals surface area contributed by atoms with Crippen molar-refractivity contribution >= 4 is 27.5 Å². The maximum Gasteiger partial charge on any atom is 0.234 e. The SMILES string of the molecule is O=C(CN1CCC[C@H]1c1nc2ccccc2s1)NC12CC3CC(CC(C3)C1)C2. The highest BCUT2D eigenvalue weighted by atomic mass is 32.1. The first-order chi connectivity index (χ1) is 13.7. The molecule has 1 aliphatic heterocycles. The molecule has 5 fully saturated rings. The minimum absolute atomic E-state index is 0.122. The predicted molar refractivity (Wildman–Crippen MR) is 112 cm³/mol. The number of benzene rings is 1. The molecule has 1 aromatic heterocycles. The number of hydrogen-bond donors (Lipinski definition) is 1. The lowest BCUT2D eigenvalue weighted by molar-refractivity contribution is -0.128. The molecular formula is C23H29N3OS. The van der Waals surface area contributed by atoms with Crippen LogP contribution in [-0.4, -0.2) is 34.4 Å². The van der Waals surface area contributed by atoms with Crippen LogP contribution < -0.4 is 5.32 Å². The summed E-state index contributed by atoms with van der Waals surface area (Å²) < 4.78 is 1.25. The number of thiazole rings is 1. The molecule has 5 aliphatic rings. The lowest BCUT2D eigenvalue weighted by Gasteiger charge is -2.57. The zero-order valence-corrected chi connectivity index (χ0v) is 17.2. The van der Waals surface area contributed by atoms with E-state index in [1.165, 1.54) is 48.2 Å². The average Bonchev–Trinajstić information content (AvgIpc) is 3.25. The van der Waals surface area contributed by atoms with Crippen LogP contribution in [-0.2, 0) is 4.79 Å². The second-order valence-electron chi connectivity index (χ2n) is 9.89. The lowest BCUT2D eigenvalue weighted by Crippen LogP contribution is -2.60. The molecule has 5 heteroatoms. The van der Waals surface area contributed by atoms with Crippen LogP contribution in [0.25, 0.3) is 10.2 Å². The summed E-state index contributed by atoms with van der Waals surface area (Å²) in [6, 6.07) is 8.68. The Hall–Kier alpha value is -1.46. The Morgan fingerprint density at radius 3 is 2.57 bits per heavy atom. The van der Waals surface area contributed by atoms with E-state index in [2.05, 4.69) is 34.5 Å². The van der Waals surface area contributed by atoms with E-state index in [0.29, 0.717) is 12.6 Å². The predicted octanol–water partition coefficient (Wildman–Crippen LogP) is 4.52. The fourth-order valence-electron chi connectivity index (χ4n) is 7.11. The van der Waals surface area contributed by atoms with Gasteiger partial charge in [0.1, 0.15) is 5.01 Å². The number of aromatic nitrogens is 1. The summed E-state index contributed by atoms with van der Waals surface area (Å²) >= 11 is 1.80. The summed E-state index contributed by atoms with van der Waals surface area (Å²) in [5, 5.41) is 4.73. The average molecular weight is 396 g/mol. The fourth-order valence-corrected chi connectivity index (χ4v) is 8.25. The molecule has 1 aromatic carbocycles. The van der Waals surface area contributed by atoms with Crippen LogP contribution in [0.1, 0.15) is 62.4 Å². The maximum absolute atomic E-state index is 13.1. The number of nitrogens with zero attached hydrogens (tertiary/aromatic N) is 2. The van der Waals surface area contributed by atoms with Gasteiger partial charge in [0.25, 0.3) is 0 Å². The summed E-state index contributed by atoms with van der Waals surface area (Å²) in [6.45, 7) is 1.54. The number of carbonyl (C=O) groups is 1. The fraction of sp³-hybridized carbons (Fsp3) is 0.652. The smallest absolute Gasteiger partial charge is 0.234 e. The van der Waals surface area contributed by atoms with Gasteiger partial charge in [-0.15, -0.1) is 11.3 Å². The first-order valence-corrected chi connectivity index (χ1v) is 11.9. The van der Waals surface area contributed by atoms with E-state index >= 15 is 0 Å². The van der Waals surface area contributed by atoms with Crippen LogP contribution >= 0.6 is 11.3 Å². The molecule has 1 amide bonds. The highest BCUT2D eigenvalue weighted by Gasteiger charge is 2.51. The summed E-state index contributed by atoms with van der Waals surface area (Å²) in [5.74, 6) is 2.85. The number of amides is 1. The summed E-state index contributed by atoms with van der Waals surface area (Å²) in [7, 11) is 0. The second-order valence-corrected chi connectivity index (χ2v) is 11.0. The first kappa shape index (κ1) is 17.4. The number of carbonyl (C=O) groups excluding carboxylic acids is 1. The first-order valence-electron chi connectivity index (χ1n) is 11.1. The monoisotopic (exact) mass is 395 g/mol. The molecule has 1 saturated heterocycles. The lowest BCUT2D eigenvalue weighted by atomic mass is 9.53. The highest BCUT2D eigenvalue weighted by Crippen LogP contribution is 2.55. The molecule has 2 aromatic rings. The zero-order chi connectivity index (χ0) is 18.7. The van der Waals surface area contributed by atoms with Crippen molar-refractivity contribution in [2.24, 2.45) is 17.8 Å². The van der Waals surface area contributed by atoms with Crippen molar-refractivity contribution in [3.63, 3.8) is 0 Å². The Morgan fingerprint density at radius 2 is 1.86 bits per heavy atom. The van der Waals surface area contributed by atoms with E-state index in [-0.39, 0.29) is 11.4 Å². The number of fused-ring (bicyclic) bond motifs is 1. The molecule has 0 unspecified atom stereocenters. The highest BCUT2D eigenvalue weighted by molar-refractivity contribution is 7.18. The normalized spacial score (nSPS) is 37.0. The van der Waals surface area contributed by atoms with Crippen molar-refractivity contribution < 1.29 is 4.79 Å². The summed E-state index contributed by atoms with van der Waals surface area (Å²) in [6.07, 6.45) is 10.2. The molecule has 7 rings (SSSR count). The molecule has 0 spiro atoms. The van der Waals surface area contributed by atoms with Crippen molar-refractivity contribution in [1.82, 2.24) is 15.2 Å². The van der Waals surface area contributed by atoms with Crippen LogP contribution in [0.4, 0.5) is 0 Å². The van der Waals surface area contributed by atoms with E-state index in [4.69, 9.17) is 4.98 Å². The number of nitrogens with one attached hydrogen (secondary N) is 1. The molecule has 4 bridgehead atoms. The van der Waals surface area contributed by atoms with Gasteiger partial charge in [-0.2, -0.15) is 0 Å². The Balaban J connectivity index is 1.16. The molecular weight excluding hydrogens is 366 g/mol. The third-order valence-electron chi connectivity index (χ3n) is 7.75. The van der Waals surface area contributed by atoms with E-state index in [1.54, 1.807) is 11.3 Å². The second kappa shape index (κ2) is 6.53. The third-order valence-corrected chi connectivity index (χ3v) is 8.89. The van der Waals surface area contributed by atoms with Crippen LogP contribution in [0.2, 0.25) is 0 Å². The van der Waals surface area contributed by atoms with Crippen molar-refractivity contribution in [2.45, 2.75) is 62.9 Å². The van der Waals surface area contributed by atoms with Crippen LogP contribution in [0.3, 0.4) is 0 Å². The number of hydrogen-bond acceptors (Lipinski definition) is 4. The van der Waals surface area contributed by atoms with Gasteiger partial charge in [-0.25, -0.2) is 4.98 Å². The van der Waals surface area contributed by atoms with E-state index in [0.717, 1.165) is 42.7 Å². The molecule has 4 nitrogen and oxygen atoms in total. The van der Waals surface area contributed by atoms with Gasteiger partial charge < -0.3 is 5.32 Å². The van der Waals surface area contributed by atoms with Gasteiger partial charge in [0.2, 0.25) is 5.91 Å². The number of para-hydroxylation sites is 1. The quantitative estimate of drug-likeness (QED) is 0.828. The van der Waals surface area contributed by atoms with Crippen molar-refractivity contribution in [3.8, 4) is 0 Å². The van der Waals surface area contributed by atoms with Gasteiger partial charge >= 0.3 is 0 Å². The molecule has 28 heavy (non-hydrogen) atoms. The molecule has 1 N–H and O–H groups in total. The topological polar surface area (TPSA) is 45.2 Å². The zero-order valence-electron chi connectivity index (χ0n) is 16.4. The summed E-state index contributed by atoms with van der Waals surface area (Å²) in [5.41, 5.74) is 1.21.